The maximum atomic E-state index is 12.2. The van der Waals surface area contributed by atoms with Crippen molar-refractivity contribution in [2.24, 2.45) is 0 Å². The van der Waals surface area contributed by atoms with Crippen molar-refractivity contribution >= 4 is 47.3 Å². The average molecular weight is 406 g/mol. The van der Waals surface area contributed by atoms with E-state index in [9.17, 15) is 4.79 Å². The molecule has 2 aromatic rings. The Bertz CT molecular complexity index is 697. The molecule has 6 nitrogen and oxygen atoms in total. The number of carbonyl (C=O) groups excluding carboxylic acids is 1. The van der Waals surface area contributed by atoms with Crippen LogP contribution in [0.25, 0.3) is 0 Å². The van der Waals surface area contributed by atoms with E-state index in [0.717, 1.165) is 12.1 Å². The number of amides is 1. The van der Waals surface area contributed by atoms with Gasteiger partial charge in [0.15, 0.2) is 0 Å². The molecular formula is C16H19Cl3N4O2. The Kier molecular flexibility index (Phi) is 7.53. The lowest BCUT2D eigenvalue weighted by Crippen LogP contribution is -2.43. The molecular weight excluding hydrogens is 387 g/mol. The van der Waals surface area contributed by atoms with Crippen molar-refractivity contribution < 1.29 is 9.53 Å². The number of benzene rings is 1. The normalized spacial score (nSPS) is 17.0. The quantitative estimate of drug-likeness (QED) is 0.802. The highest BCUT2D eigenvalue weighted by molar-refractivity contribution is 6.35. The Labute approximate surface area is 162 Å². The van der Waals surface area contributed by atoms with Gasteiger partial charge in [-0.25, -0.2) is 4.68 Å². The lowest BCUT2D eigenvalue weighted by Gasteiger charge is -2.23. The van der Waals surface area contributed by atoms with Gasteiger partial charge in [-0.05, 0) is 12.1 Å². The molecule has 0 radical (unpaired) electrons. The molecule has 0 saturated carbocycles. The van der Waals surface area contributed by atoms with Gasteiger partial charge in [-0.3, -0.25) is 4.79 Å². The molecule has 0 spiro atoms. The molecule has 1 aliphatic heterocycles. The van der Waals surface area contributed by atoms with Gasteiger partial charge >= 0.3 is 0 Å². The lowest BCUT2D eigenvalue weighted by molar-refractivity contribution is -0.117. The third-order valence-corrected chi connectivity index (χ3v) is 4.49. The first-order valence-corrected chi connectivity index (χ1v) is 8.45. The van der Waals surface area contributed by atoms with Crippen LogP contribution in [0.3, 0.4) is 0 Å². The molecule has 2 heterocycles. The van der Waals surface area contributed by atoms with Crippen molar-refractivity contribution in [2.75, 3.05) is 25.1 Å². The summed E-state index contributed by atoms with van der Waals surface area (Å²) in [6.45, 7) is 2.37. The number of aromatic nitrogens is 2. The fourth-order valence-corrected chi connectivity index (χ4v) is 3.08. The van der Waals surface area contributed by atoms with E-state index in [0.29, 0.717) is 42.0 Å². The summed E-state index contributed by atoms with van der Waals surface area (Å²) in [5.74, 6) is 0.512. The molecule has 1 aromatic heterocycles. The molecule has 1 fully saturated rings. The van der Waals surface area contributed by atoms with Crippen LogP contribution in [0, 0.1) is 0 Å². The predicted molar refractivity (Wildman–Crippen MR) is 101 cm³/mol. The van der Waals surface area contributed by atoms with Crippen molar-refractivity contribution in [3.63, 3.8) is 0 Å². The predicted octanol–water partition coefficient (Wildman–Crippen LogP) is 2.98. The summed E-state index contributed by atoms with van der Waals surface area (Å²) < 4.78 is 7.02. The van der Waals surface area contributed by atoms with Gasteiger partial charge in [-0.2, -0.15) is 5.10 Å². The first-order chi connectivity index (χ1) is 11.6. The van der Waals surface area contributed by atoms with Crippen LogP contribution < -0.4 is 10.6 Å². The molecule has 1 saturated heterocycles. The first-order valence-electron chi connectivity index (χ1n) is 7.69. The van der Waals surface area contributed by atoms with Crippen molar-refractivity contribution in [3.05, 3.63) is 46.1 Å². The van der Waals surface area contributed by atoms with Crippen molar-refractivity contribution in [1.29, 1.82) is 0 Å². The van der Waals surface area contributed by atoms with Gasteiger partial charge < -0.3 is 15.4 Å². The fourth-order valence-electron chi connectivity index (χ4n) is 2.57. The summed E-state index contributed by atoms with van der Waals surface area (Å²) in [4.78, 5) is 12.2. The third-order valence-electron chi connectivity index (χ3n) is 3.78. The average Bonchev–Trinajstić information content (AvgIpc) is 2.99. The largest absolute Gasteiger partial charge is 0.378 e. The second kappa shape index (κ2) is 9.40. The van der Waals surface area contributed by atoms with Gasteiger partial charge in [0.05, 0.1) is 26.0 Å². The van der Waals surface area contributed by atoms with Crippen LogP contribution in [0.1, 0.15) is 12.0 Å². The minimum absolute atomic E-state index is 0. The summed E-state index contributed by atoms with van der Waals surface area (Å²) in [5.41, 5.74) is 0.766. The summed E-state index contributed by atoms with van der Waals surface area (Å²) in [7, 11) is 0. The van der Waals surface area contributed by atoms with Crippen LogP contribution >= 0.6 is 35.6 Å². The highest BCUT2D eigenvalue weighted by Crippen LogP contribution is 2.26. The molecule has 3 rings (SSSR count). The molecule has 0 aliphatic carbocycles. The number of ether oxygens (including phenoxy) is 1. The van der Waals surface area contributed by atoms with Crippen LogP contribution in [-0.4, -0.2) is 41.5 Å². The van der Waals surface area contributed by atoms with Crippen LogP contribution in [-0.2, 0) is 16.1 Å². The van der Waals surface area contributed by atoms with Crippen LogP contribution in [0.4, 0.5) is 5.82 Å². The smallest absolute Gasteiger partial charge is 0.227 e. The van der Waals surface area contributed by atoms with Crippen LogP contribution in [0.2, 0.25) is 10.0 Å². The second-order valence-corrected chi connectivity index (χ2v) is 6.37. The fraction of sp³-hybridized carbons (Fsp3) is 0.375. The van der Waals surface area contributed by atoms with E-state index in [1.54, 1.807) is 35.1 Å². The Balaban J connectivity index is 0.00000225. The minimum atomic E-state index is -0.0926. The molecule has 25 heavy (non-hydrogen) atoms. The van der Waals surface area contributed by atoms with E-state index in [4.69, 9.17) is 27.9 Å². The van der Waals surface area contributed by atoms with Crippen molar-refractivity contribution in [2.45, 2.75) is 19.0 Å². The van der Waals surface area contributed by atoms with Crippen molar-refractivity contribution in [1.82, 2.24) is 15.1 Å². The molecule has 2 N–H and O–H groups in total. The molecule has 1 amide bonds. The maximum absolute atomic E-state index is 12.2. The zero-order valence-electron chi connectivity index (χ0n) is 13.4. The number of hydrogen-bond acceptors (Lipinski definition) is 4. The number of anilines is 1. The van der Waals surface area contributed by atoms with Gasteiger partial charge in [-0.15, -0.1) is 12.4 Å². The summed E-state index contributed by atoms with van der Waals surface area (Å²) in [6, 6.07) is 7.12. The Hall–Kier alpha value is -1.31. The zero-order chi connectivity index (χ0) is 16.9. The summed E-state index contributed by atoms with van der Waals surface area (Å²) in [5, 5.41) is 11.5. The van der Waals surface area contributed by atoms with Crippen LogP contribution in [0.15, 0.2) is 30.5 Å². The minimum Gasteiger partial charge on any atom is -0.378 e. The number of nitrogens with one attached hydrogen (secondary N) is 2. The maximum Gasteiger partial charge on any atom is 0.227 e. The number of nitrogens with zero attached hydrogens (tertiary/aromatic N) is 2. The monoisotopic (exact) mass is 404 g/mol. The second-order valence-electron chi connectivity index (χ2n) is 5.55. The molecule has 136 valence electrons. The molecule has 1 aliphatic rings. The van der Waals surface area contributed by atoms with Crippen molar-refractivity contribution in [3.8, 4) is 0 Å². The lowest BCUT2D eigenvalue weighted by atomic mass is 10.2. The van der Waals surface area contributed by atoms with E-state index < -0.39 is 0 Å². The zero-order valence-corrected chi connectivity index (χ0v) is 15.7. The number of hydrogen-bond donors (Lipinski definition) is 2. The highest BCUT2D eigenvalue weighted by atomic mass is 35.5. The molecule has 9 heteroatoms. The van der Waals surface area contributed by atoms with Gasteiger partial charge in [0.25, 0.3) is 0 Å². The molecule has 1 unspecified atom stereocenters. The molecule has 0 bridgehead atoms. The van der Waals surface area contributed by atoms with E-state index in [-0.39, 0.29) is 24.4 Å². The first kappa shape index (κ1) is 20.0. The summed E-state index contributed by atoms with van der Waals surface area (Å²) >= 11 is 12.4. The van der Waals surface area contributed by atoms with E-state index in [1.165, 1.54) is 0 Å². The Morgan fingerprint density at radius 2 is 2.12 bits per heavy atom. The molecule has 1 atom stereocenters. The SMILES string of the molecule is Cl.O=C(CC1COCCN1)Nc1ccnn1Cc1c(Cl)cccc1Cl. The summed E-state index contributed by atoms with van der Waals surface area (Å²) in [6.07, 6.45) is 1.97. The number of carbonyl (C=O) groups is 1. The topological polar surface area (TPSA) is 68.2 Å². The number of morpholine rings is 1. The van der Waals surface area contributed by atoms with E-state index in [1.807, 2.05) is 0 Å². The van der Waals surface area contributed by atoms with E-state index >= 15 is 0 Å². The highest BCUT2D eigenvalue weighted by Gasteiger charge is 2.18. The van der Waals surface area contributed by atoms with E-state index in [2.05, 4.69) is 15.7 Å². The van der Waals surface area contributed by atoms with Gasteiger partial charge in [0.1, 0.15) is 5.82 Å². The third kappa shape index (κ3) is 5.33. The van der Waals surface area contributed by atoms with Gasteiger partial charge in [-0.1, -0.05) is 29.3 Å². The van der Waals surface area contributed by atoms with Gasteiger partial charge in [0.2, 0.25) is 5.91 Å². The number of halogens is 3. The van der Waals surface area contributed by atoms with Gasteiger partial charge in [0, 0.05) is 40.7 Å². The standard InChI is InChI=1S/C16H18Cl2N4O2.ClH/c17-13-2-1-3-14(18)12(13)9-22-15(4-5-20-22)21-16(23)8-11-10-24-7-6-19-11;/h1-5,11,19H,6-10H2,(H,21,23);1H. The Morgan fingerprint density at radius 1 is 1.36 bits per heavy atom. The molecule has 1 aromatic carbocycles. The Morgan fingerprint density at radius 3 is 2.80 bits per heavy atom. The number of rotatable bonds is 5. The van der Waals surface area contributed by atoms with Crippen LogP contribution in [0.5, 0.6) is 0 Å².